The van der Waals surface area contributed by atoms with Crippen LogP contribution in [0.25, 0.3) is 0 Å². The van der Waals surface area contributed by atoms with E-state index < -0.39 is 10.0 Å². The molecule has 0 amide bonds. The molecule has 0 aliphatic carbocycles. The molecule has 124 valence electrons. The molecule has 22 heavy (non-hydrogen) atoms. The highest BCUT2D eigenvalue weighted by molar-refractivity contribution is 7.89. The van der Waals surface area contributed by atoms with Gasteiger partial charge in [0.15, 0.2) is 0 Å². The van der Waals surface area contributed by atoms with Gasteiger partial charge in [0.25, 0.3) is 0 Å². The Morgan fingerprint density at radius 2 is 1.82 bits per heavy atom. The van der Waals surface area contributed by atoms with Crippen LogP contribution in [0, 0.1) is 5.92 Å². The summed E-state index contributed by atoms with van der Waals surface area (Å²) in [7, 11) is -3.67. The zero-order valence-corrected chi connectivity index (χ0v) is 15.0. The van der Waals surface area contributed by atoms with Crippen LogP contribution in [0.4, 0.5) is 0 Å². The Kier molecular flexibility index (Phi) is 6.53. The molecule has 0 bridgehead atoms. The average molecular weight is 365 g/mol. The van der Waals surface area contributed by atoms with Crippen LogP contribution >= 0.6 is 23.2 Å². The summed E-state index contributed by atoms with van der Waals surface area (Å²) < 4.78 is 27.1. The van der Waals surface area contributed by atoms with Gasteiger partial charge < -0.3 is 4.90 Å². The SMILES string of the molecule is CC1CCN(CCCNS(=O)(=O)c2c(Cl)cccc2Cl)CC1. The van der Waals surface area contributed by atoms with Gasteiger partial charge in [-0.15, -0.1) is 0 Å². The molecular weight excluding hydrogens is 343 g/mol. The van der Waals surface area contributed by atoms with E-state index in [0.29, 0.717) is 6.54 Å². The van der Waals surface area contributed by atoms with Crippen molar-refractivity contribution in [1.82, 2.24) is 9.62 Å². The van der Waals surface area contributed by atoms with E-state index in [1.807, 2.05) is 0 Å². The second kappa shape index (κ2) is 7.97. The van der Waals surface area contributed by atoms with E-state index in [2.05, 4.69) is 16.5 Å². The number of nitrogens with one attached hydrogen (secondary N) is 1. The Balaban J connectivity index is 1.83. The number of hydrogen-bond donors (Lipinski definition) is 1. The summed E-state index contributed by atoms with van der Waals surface area (Å²) in [6, 6.07) is 4.68. The summed E-state index contributed by atoms with van der Waals surface area (Å²) in [5.74, 6) is 0.803. The number of piperidine rings is 1. The van der Waals surface area contributed by atoms with Gasteiger partial charge in [-0.25, -0.2) is 13.1 Å². The molecule has 0 unspecified atom stereocenters. The minimum atomic E-state index is -3.67. The number of likely N-dealkylation sites (tertiary alicyclic amines) is 1. The zero-order valence-electron chi connectivity index (χ0n) is 12.7. The molecule has 0 aromatic heterocycles. The number of sulfonamides is 1. The summed E-state index contributed by atoms with van der Waals surface area (Å²) in [6.07, 6.45) is 3.22. The number of hydrogen-bond acceptors (Lipinski definition) is 3. The predicted molar refractivity (Wildman–Crippen MR) is 91.1 cm³/mol. The van der Waals surface area contributed by atoms with E-state index in [1.165, 1.54) is 25.0 Å². The largest absolute Gasteiger partial charge is 0.303 e. The van der Waals surface area contributed by atoms with Crippen molar-refractivity contribution in [2.75, 3.05) is 26.2 Å². The molecule has 1 aliphatic rings. The quantitative estimate of drug-likeness (QED) is 0.787. The molecule has 1 heterocycles. The summed E-state index contributed by atoms with van der Waals surface area (Å²) >= 11 is 11.9. The average Bonchev–Trinajstić information content (AvgIpc) is 2.45. The van der Waals surface area contributed by atoms with Crippen molar-refractivity contribution in [3.8, 4) is 0 Å². The molecule has 7 heteroatoms. The van der Waals surface area contributed by atoms with Gasteiger partial charge in [0.2, 0.25) is 10.0 Å². The molecular formula is C15H22Cl2N2O2S. The van der Waals surface area contributed by atoms with E-state index >= 15 is 0 Å². The summed E-state index contributed by atoms with van der Waals surface area (Å²) in [6.45, 7) is 5.77. The third kappa shape index (κ3) is 4.83. The predicted octanol–water partition coefficient (Wildman–Crippen LogP) is 3.39. The monoisotopic (exact) mass is 364 g/mol. The lowest BCUT2D eigenvalue weighted by atomic mass is 9.99. The summed E-state index contributed by atoms with van der Waals surface area (Å²) in [5, 5.41) is 0.287. The van der Waals surface area contributed by atoms with Gasteiger partial charge in [0, 0.05) is 6.54 Å². The van der Waals surface area contributed by atoms with Gasteiger partial charge in [-0.2, -0.15) is 0 Å². The van der Waals surface area contributed by atoms with E-state index in [9.17, 15) is 8.42 Å². The fourth-order valence-corrected chi connectivity index (χ4v) is 4.82. The van der Waals surface area contributed by atoms with Crippen LogP contribution in [0.1, 0.15) is 26.2 Å². The van der Waals surface area contributed by atoms with Crippen LogP contribution in [0.15, 0.2) is 23.1 Å². The smallest absolute Gasteiger partial charge is 0.243 e. The Morgan fingerprint density at radius 1 is 1.23 bits per heavy atom. The van der Waals surface area contributed by atoms with E-state index in [1.54, 1.807) is 6.07 Å². The van der Waals surface area contributed by atoms with Crippen LogP contribution in [-0.4, -0.2) is 39.5 Å². The van der Waals surface area contributed by atoms with Crippen molar-refractivity contribution in [1.29, 1.82) is 0 Å². The maximum absolute atomic E-state index is 12.3. The van der Waals surface area contributed by atoms with Crippen LogP contribution in [0.5, 0.6) is 0 Å². The van der Waals surface area contributed by atoms with Gasteiger partial charge in [0.05, 0.1) is 10.0 Å². The van der Waals surface area contributed by atoms with E-state index in [4.69, 9.17) is 23.2 Å². The lowest BCUT2D eigenvalue weighted by Crippen LogP contribution is -2.35. The first-order valence-electron chi connectivity index (χ1n) is 7.56. The number of benzene rings is 1. The van der Waals surface area contributed by atoms with E-state index in [0.717, 1.165) is 32.0 Å². The molecule has 1 fully saturated rings. The molecule has 0 spiro atoms. The molecule has 1 N–H and O–H groups in total. The molecule has 1 aromatic rings. The first kappa shape index (κ1) is 18.0. The van der Waals surface area contributed by atoms with Crippen molar-refractivity contribution < 1.29 is 8.42 Å². The van der Waals surface area contributed by atoms with Gasteiger partial charge in [0.1, 0.15) is 4.90 Å². The highest BCUT2D eigenvalue weighted by Gasteiger charge is 2.21. The Bertz CT molecular complexity index is 579. The third-order valence-electron chi connectivity index (χ3n) is 4.01. The van der Waals surface area contributed by atoms with Crippen LogP contribution < -0.4 is 4.72 Å². The summed E-state index contributed by atoms with van der Waals surface area (Å²) in [4.78, 5) is 2.35. The molecule has 0 atom stereocenters. The van der Waals surface area contributed by atoms with Crippen molar-refractivity contribution in [3.63, 3.8) is 0 Å². The molecule has 4 nitrogen and oxygen atoms in total. The van der Waals surface area contributed by atoms with Gasteiger partial charge >= 0.3 is 0 Å². The van der Waals surface area contributed by atoms with Gasteiger partial charge in [-0.05, 0) is 56.9 Å². The highest BCUT2D eigenvalue weighted by atomic mass is 35.5. The fourth-order valence-electron chi connectivity index (χ4n) is 2.61. The highest BCUT2D eigenvalue weighted by Crippen LogP contribution is 2.28. The second-order valence-corrected chi connectivity index (χ2v) is 8.34. The lowest BCUT2D eigenvalue weighted by Gasteiger charge is -2.30. The summed E-state index contributed by atoms with van der Waals surface area (Å²) in [5.41, 5.74) is 0. The molecule has 1 aliphatic heterocycles. The lowest BCUT2D eigenvalue weighted by molar-refractivity contribution is 0.191. The van der Waals surface area contributed by atoms with Crippen LogP contribution in [0.3, 0.4) is 0 Å². The van der Waals surface area contributed by atoms with Crippen LogP contribution in [-0.2, 0) is 10.0 Å². The molecule has 1 aromatic carbocycles. The standard InChI is InChI=1S/C15H22Cl2N2O2S/c1-12-6-10-19(11-7-12)9-3-8-18-22(20,21)15-13(16)4-2-5-14(15)17/h2,4-5,12,18H,3,6-11H2,1H3. The minimum Gasteiger partial charge on any atom is -0.303 e. The minimum absolute atomic E-state index is 0.0369. The number of nitrogens with zero attached hydrogens (tertiary/aromatic N) is 1. The fraction of sp³-hybridized carbons (Fsp3) is 0.600. The molecule has 0 saturated carbocycles. The topological polar surface area (TPSA) is 49.4 Å². The zero-order chi connectivity index (χ0) is 16.2. The molecule has 1 saturated heterocycles. The van der Waals surface area contributed by atoms with Crippen LogP contribution in [0.2, 0.25) is 10.0 Å². The maximum Gasteiger partial charge on any atom is 0.243 e. The van der Waals surface area contributed by atoms with Crippen molar-refractivity contribution >= 4 is 33.2 Å². The Labute approximate surface area is 142 Å². The van der Waals surface area contributed by atoms with Crippen molar-refractivity contribution in [3.05, 3.63) is 28.2 Å². The van der Waals surface area contributed by atoms with Gasteiger partial charge in [-0.3, -0.25) is 0 Å². The van der Waals surface area contributed by atoms with Gasteiger partial charge in [-0.1, -0.05) is 36.2 Å². The number of halogens is 2. The first-order valence-corrected chi connectivity index (χ1v) is 9.80. The molecule has 0 radical (unpaired) electrons. The van der Waals surface area contributed by atoms with Crippen molar-refractivity contribution in [2.45, 2.75) is 31.1 Å². The van der Waals surface area contributed by atoms with Crippen molar-refractivity contribution in [2.24, 2.45) is 5.92 Å². The van der Waals surface area contributed by atoms with E-state index in [-0.39, 0.29) is 14.9 Å². The Morgan fingerprint density at radius 3 is 2.41 bits per heavy atom. The maximum atomic E-state index is 12.3. The molecule has 2 rings (SSSR count). The Hall–Kier alpha value is -0.330. The normalized spacial score (nSPS) is 17.8. The first-order chi connectivity index (χ1) is 10.4. The number of rotatable bonds is 6. The third-order valence-corrected chi connectivity index (χ3v) is 6.42. The second-order valence-electron chi connectivity index (χ2n) is 5.83.